The van der Waals surface area contributed by atoms with Gasteiger partial charge in [0.05, 0.1) is 16.4 Å². The maximum absolute atomic E-state index is 5.92. The van der Waals surface area contributed by atoms with E-state index in [2.05, 4.69) is 47.0 Å². The number of rotatable bonds is 4. The normalized spacial score (nSPS) is 23.6. The van der Waals surface area contributed by atoms with Crippen LogP contribution in [0.3, 0.4) is 0 Å². The molecule has 112 valence electrons. The lowest BCUT2D eigenvalue weighted by molar-refractivity contribution is 0.147. The highest BCUT2D eigenvalue weighted by Gasteiger charge is 2.31. The molecule has 4 heteroatoms. The summed E-state index contributed by atoms with van der Waals surface area (Å²) < 4.78 is 0.852. The van der Waals surface area contributed by atoms with Crippen LogP contribution >= 0.6 is 27.5 Å². The van der Waals surface area contributed by atoms with Crippen LogP contribution in [0.15, 0.2) is 16.7 Å². The van der Waals surface area contributed by atoms with Crippen molar-refractivity contribution in [1.29, 1.82) is 0 Å². The molecule has 1 aromatic rings. The van der Waals surface area contributed by atoms with Crippen molar-refractivity contribution in [2.24, 2.45) is 11.3 Å². The summed E-state index contributed by atoms with van der Waals surface area (Å²) in [6.45, 7) is 7.12. The zero-order valence-electron chi connectivity index (χ0n) is 12.5. The minimum Gasteiger partial charge on any atom is -0.381 e. The Labute approximate surface area is 135 Å². The van der Waals surface area contributed by atoms with Crippen LogP contribution in [-0.4, -0.2) is 11.0 Å². The molecule has 1 saturated carbocycles. The summed E-state index contributed by atoms with van der Waals surface area (Å²) in [6.07, 6.45) is 8.21. The lowest BCUT2D eigenvalue weighted by Gasteiger charge is -2.39. The Bertz CT molecular complexity index is 454. The van der Waals surface area contributed by atoms with Crippen LogP contribution in [0.5, 0.6) is 0 Å². The van der Waals surface area contributed by atoms with Gasteiger partial charge in [-0.25, -0.2) is 4.98 Å². The van der Waals surface area contributed by atoms with E-state index < -0.39 is 0 Å². The molecule has 1 heterocycles. The van der Waals surface area contributed by atoms with Gasteiger partial charge in [0.15, 0.2) is 0 Å². The van der Waals surface area contributed by atoms with Gasteiger partial charge in [-0.3, -0.25) is 0 Å². The fourth-order valence-corrected chi connectivity index (χ4v) is 3.50. The second kappa shape index (κ2) is 6.65. The highest BCUT2D eigenvalue weighted by molar-refractivity contribution is 9.10. The number of halogens is 2. The van der Waals surface area contributed by atoms with Crippen LogP contribution in [-0.2, 0) is 0 Å². The van der Waals surface area contributed by atoms with Crippen LogP contribution < -0.4 is 5.32 Å². The molecule has 0 aromatic carbocycles. The molecule has 1 fully saturated rings. The Morgan fingerprint density at radius 3 is 2.55 bits per heavy atom. The summed E-state index contributed by atoms with van der Waals surface area (Å²) in [6, 6.07) is 2.57. The van der Waals surface area contributed by atoms with Gasteiger partial charge in [-0.1, -0.05) is 38.8 Å². The Morgan fingerprint density at radius 1 is 1.35 bits per heavy atom. The first kappa shape index (κ1) is 16.1. The van der Waals surface area contributed by atoms with Crippen molar-refractivity contribution in [3.05, 3.63) is 21.9 Å². The number of anilines is 1. The van der Waals surface area contributed by atoms with E-state index in [0.29, 0.717) is 16.6 Å². The van der Waals surface area contributed by atoms with Gasteiger partial charge in [0.2, 0.25) is 0 Å². The zero-order chi connectivity index (χ0) is 14.8. The highest BCUT2D eigenvalue weighted by atomic mass is 79.9. The Kier molecular flexibility index (Phi) is 5.36. The fraction of sp³-hybridized carbons (Fsp3) is 0.688. The van der Waals surface area contributed by atoms with E-state index in [-0.39, 0.29) is 0 Å². The monoisotopic (exact) mass is 358 g/mol. The lowest BCUT2D eigenvalue weighted by Crippen LogP contribution is -2.32. The Hall–Kier alpha value is -0.280. The zero-order valence-corrected chi connectivity index (χ0v) is 14.9. The molecule has 0 unspecified atom stereocenters. The van der Waals surface area contributed by atoms with E-state index in [1.165, 1.54) is 32.1 Å². The van der Waals surface area contributed by atoms with Crippen molar-refractivity contribution < 1.29 is 0 Å². The summed E-state index contributed by atoms with van der Waals surface area (Å²) in [5, 5.41) is 4.11. The molecule has 1 N–H and O–H groups in total. The average Bonchev–Trinajstić information content (AvgIpc) is 2.43. The highest BCUT2D eigenvalue weighted by Crippen LogP contribution is 2.41. The lowest BCUT2D eigenvalue weighted by atomic mass is 9.69. The van der Waals surface area contributed by atoms with Crippen molar-refractivity contribution in [3.63, 3.8) is 0 Å². The molecule has 0 amide bonds. The van der Waals surface area contributed by atoms with E-state index in [1.54, 1.807) is 0 Å². The summed E-state index contributed by atoms with van der Waals surface area (Å²) in [4.78, 5) is 4.17. The Balaban J connectivity index is 1.90. The van der Waals surface area contributed by atoms with Crippen LogP contribution in [0.25, 0.3) is 0 Å². The smallest absolute Gasteiger partial charge is 0.143 e. The van der Waals surface area contributed by atoms with Gasteiger partial charge in [0.25, 0.3) is 0 Å². The van der Waals surface area contributed by atoms with Crippen molar-refractivity contribution in [3.8, 4) is 0 Å². The molecule has 2 rings (SSSR count). The third-order valence-corrected chi connectivity index (χ3v) is 6.04. The van der Waals surface area contributed by atoms with Gasteiger partial charge in [-0.15, -0.1) is 0 Å². The fourth-order valence-electron chi connectivity index (χ4n) is 3.04. The minimum atomic E-state index is 0.482. The van der Waals surface area contributed by atoms with E-state index >= 15 is 0 Å². The molecule has 0 atom stereocenters. The Morgan fingerprint density at radius 2 is 2.00 bits per heavy atom. The third kappa shape index (κ3) is 3.88. The summed E-state index contributed by atoms with van der Waals surface area (Å²) in [5.74, 6) is 0.862. The van der Waals surface area contributed by atoms with Gasteiger partial charge >= 0.3 is 0 Å². The molecule has 1 aliphatic rings. The minimum absolute atomic E-state index is 0.482. The summed E-state index contributed by atoms with van der Waals surface area (Å²) >= 11 is 9.34. The summed E-state index contributed by atoms with van der Waals surface area (Å²) in [5.41, 5.74) is 1.54. The molecular weight excluding hydrogens is 336 g/mol. The molecule has 20 heavy (non-hydrogen) atoms. The molecule has 1 aromatic heterocycles. The van der Waals surface area contributed by atoms with Gasteiger partial charge in [0.1, 0.15) is 5.15 Å². The summed E-state index contributed by atoms with van der Waals surface area (Å²) in [7, 11) is 0. The predicted molar refractivity (Wildman–Crippen MR) is 90.4 cm³/mol. The van der Waals surface area contributed by atoms with E-state index in [1.807, 2.05) is 12.3 Å². The standard InChI is InChI=1S/C16H24BrClN2/c1-4-16(2,3)11-5-7-12(8-6-11)20-13-9-14(17)15(18)19-10-13/h9-12,20H,4-8H2,1-3H3. The van der Waals surface area contributed by atoms with Gasteiger partial charge in [-0.05, 0) is 59.0 Å². The van der Waals surface area contributed by atoms with E-state index in [0.717, 1.165) is 16.1 Å². The van der Waals surface area contributed by atoms with Crippen molar-refractivity contribution in [2.45, 2.75) is 58.9 Å². The number of aromatic nitrogens is 1. The predicted octanol–water partition coefficient (Wildman–Crippen LogP) is 5.90. The first-order valence-electron chi connectivity index (χ1n) is 7.50. The largest absolute Gasteiger partial charge is 0.381 e. The first-order chi connectivity index (χ1) is 9.42. The number of hydrogen-bond acceptors (Lipinski definition) is 2. The molecule has 0 saturated heterocycles. The molecule has 0 radical (unpaired) electrons. The molecule has 0 spiro atoms. The quantitative estimate of drug-likeness (QED) is 0.676. The van der Waals surface area contributed by atoms with Crippen molar-refractivity contribution in [2.75, 3.05) is 5.32 Å². The second-order valence-electron chi connectivity index (χ2n) is 6.53. The number of pyridine rings is 1. The average molecular weight is 360 g/mol. The van der Waals surface area contributed by atoms with Crippen LogP contribution in [0.2, 0.25) is 5.15 Å². The van der Waals surface area contributed by atoms with Crippen LogP contribution in [0.1, 0.15) is 52.9 Å². The maximum Gasteiger partial charge on any atom is 0.143 e. The molecule has 1 aliphatic carbocycles. The number of nitrogens with one attached hydrogen (secondary N) is 1. The van der Waals surface area contributed by atoms with Crippen LogP contribution in [0, 0.1) is 11.3 Å². The molecule has 0 aliphatic heterocycles. The number of hydrogen-bond donors (Lipinski definition) is 1. The van der Waals surface area contributed by atoms with Gasteiger partial charge in [0, 0.05) is 6.04 Å². The topological polar surface area (TPSA) is 24.9 Å². The number of nitrogens with zero attached hydrogens (tertiary/aromatic N) is 1. The molecule has 0 bridgehead atoms. The maximum atomic E-state index is 5.92. The first-order valence-corrected chi connectivity index (χ1v) is 8.67. The SMILES string of the molecule is CCC(C)(C)C1CCC(Nc2cnc(Cl)c(Br)c2)CC1. The molecule has 2 nitrogen and oxygen atoms in total. The second-order valence-corrected chi connectivity index (χ2v) is 7.74. The van der Waals surface area contributed by atoms with Crippen molar-refractivity contribution in [1.82, 2.24) is 4.98 Å². The van der Waals surface area contributed by atoms with Gasteiger partial charge < -0.3 is 5.32 Å². The van der Waals surface area contributed by atoms with Crippen molar-refractivity contribution >= 4 is 33.2 Å². The van der Waals surface area contributed by atoms with Crippen LogP contribution in [0.4, 0.5) is 5.69 Å². The van der Waals surface area contributed by atoms with Gasteiger partial charge in [-0.2, -0.15) is 0 Å². The molecular formula is C16H24BrClN2. The third-order valence-electron chi connectivity index (χ3n) is 4.91. The van der Waals surface area contributed by atoms with E-state index in [9.17, 15) is 0 Å². The van der Waals surface area contributed by atoms with E-state index in [4.69, 9.17) is 11.6 Å².